The second kappa shape index (κ2) is 8.34. The minimum Gasteiger partial charge on any atom is -0.353 e. The SMILES string of the molecule is Cc1nc(C)c(-c2ccc(=O)n(CC3CCN(c4ncnc5ncccc45)CC3F)n2)s1. The number of anilines is 1. The van der Waals surface area contributed by atoms with Crippen LogP contribution in [0.1, 0.15) is 17.1 Å². The lowest BCUT2D eigenvalue weighted by atomic mass is 9.94. The molecule has 4 aromatic heterocycles. The van der Waals surface area contributed by atoms with Crippen molar-refractivity contribution in [2.24, 2.45) is 5.92 Å². The van der Waals surface area contributed by atoms with Gasteiger partial charge in [0.25, 0.3) is 5.56 Å². The molecular weight excluding hydrogens is 429 g/mol. The number of aryl methyl sites for hydroxylation is 2. The zero-order valence-corrected chi connectivity index (χ0v) is 18.6. The Hall–Kier alpha value is -3.27. The van der Waals surface area contributed by atoms with Crippen LogP contribution in [0.4, 0.5) is 10.2 Å². The molecule has 10 heteroatoms. The Balaban J connectivity index is 1.35. The summed E-state index contributed by atoms with van der Waals surface area (Å²) in [5.41, 5.74) is 1.94. The van der Waals surface area contributed by atoms with Crippen LogP contribution in [0.3, 0.4) is 0 Å². The Morgan fingerprint density at radius 2 is 2.06 bits per heavy atom. The van der Waals surface area contributed by atoms with Gasteiger partial charge in [0.1, 0.15) is 24.0 Å². The molecule has 2 unspecified atom stereocenters. The first-order valence-electron chi connectivity index (χ1n) is 10.5. The molecule has 1 saturated heterocycles. The van der Waals surface area contributed by atoms with Gasteiger partial charge in [0, 0.05) is 24.7 Å². The van der Waals surface area contributed by atoms with Crippen molar-refractivity contribution in [2.45, 2.75) is 33.0 Å². The first-order valence-corrected chi connectivity index (χ1v) is 11.3. The molecule has 1 aliphatic rings. The van der Waals surface area contributed by atoms with Crippen LogP contribution in [0.2, 0.25) is 0 Å². The fourth-order valence-corrected chi connectivity index (χ4v) is 5.06. The van der Waals surface area contributed by atoms with Crippen molar-refractivity contribution in [3.8, 4) is 10.6 Å². The average Bonchev–Trinajstić information content (AvgIpc) is 3.14. The fourth-order valence-electron chi connectivity index (χ4n) is 4.18. The maximum Gasteiger partial charge on any atom is 0.266 e. The molecule has 5 rings (SSSR count). The summed E-state index contributed by atoms with van der Waals surface area (Å²) in [6.45, 7) is 4.94. The summed E-state index contributed by atoms with van der Waals surface area (Å²) in [6.07, 6.45) is 2.61. The van der Waals surface area contributed by atoms with Crippen LogP contribution in [0.25, 0.3) is 21.6 Å². The minimum absolute atomic E-state index is 0.202. The van der Waals surface area contributed by atoms with E-state index in [1.807, 2.05) is 30.9 Å². The van der Waals surface area contributed by atoms with E-state index < -0.39 is 6.17 Å². The van der Waals surface area contributed by atoms with Crippen LogP contribution in [0.15, 0.2) is 41.6 Å². The number of nitrogens with zero attached hydrogens (tertiary/aromatic N) is 7. The highest BCUT2D eigenvalue weighted by atomic mass is 32.1. The van der Waals surface area contributed by atoms with Gasteiger partial charge >= 0.3 is 0 Å². The largest absolute Gasteiger partial charge is 0.353 e. The number of hydrogen-bond donors (Lipinski definition) is 0. The summed E-state index contributed by atoms with van der Waals surface area (Å²) < 4.78 is 16.6. The molecule has 1 aliphatic heterocycles. The van der Waals surface area contributed by atoms with Crippen LogP contribution < -0.4 is 10.5 Å². The zero-order valence-electron chi connectivity index (χ0n) is 17.8. The van der Waals surface area contributed by atoms with E-state index in [0.29, 0.717) is 30.1 Å². The van der Waals surface area contributed by atoms with Gasteiger partial charge in [-0.3, -0.25) is 4.79 Å². The molecule has 0 radical (unpaired) electrons. The summed E-state index contributed by atoms with van der Waals surface area (Å²) in [4.78, 5) is 32.6. The maximum atomic E-state index is 15.2. The Kier molecular flexibility index (Phi) is 5.38. The number of pyridine rings is 1. The lowest BCUT2D eigenvalue weighted by Gasteiger charge is -2.35. The molecule has 0 aliphatic carbocycles. The molecule has 164 valence electrons. The quantitative estimate of drug-likeness (QED) is 0.471. The van der Waals surface area contributed by atoms with E-state index in [0.717, 1.165) is 21.0 Å². The van der Waals surface area contributed by atoms with E-state index in [2.05, 4.69) is 25.0 Å². The van der Waals surface area contributed by atoms with Crippen molar-refractivity contribution in [1.29, 1.82) is 0 Å². The topological polar surface area (TPSA) is 89.7 Å². The Bertz CT molecular complexity index is 1330. The number of alkyl halides is 1. The summed E-state index contributed by atoms with van der Waals surface area (Å²) >= 11 is 1.54. The van der Waals surface area contributed by atoms with Crippen LogP contribution in [-0.4, -0.2) is 49.0 Å². The van der Waals surface area contributed by atoms with Gasteiger partial charge in [-0.1, -0.05) is 0 Å². The molecule has 1 fully saturated rings. The lowest BCUT2D eigenvalue weighted by Crippen LogP contribution is -2.44. The second-order valence-corrected chi connectivity index (χ2v) is 9.17. The molecule has 0 aromatic carbocycles. The Labute approximate surface area is 187 Å². The monoisotopic (exact) mass is 451 g/mol. The number of fused-ring (bicyclic) bond motifs is 1. The molecule has 5 heterocycles. The second-order valence-electron chi connectivity index (χ2n) is 7.97. The average molecular weight is 452 g/mol. The normalized spacial score (nSPS) is 18.9. The predicted molar refractivity (Wildman–Crippen MR) is 122 cm³/mol. The van der Waals surface area contributed by atoms with Crippen molar-refractivity contribution in [3.63, 3.8) is 0 Å². The zero-order chi connectivity index (χ0) is 22.2. The van der Waals surface area contributed by atoms with E-state index in [-0.39, 0.29) is 24.6 Å². The van der Waals surface area contributed by atoms with Crippen molar-refractivity contribution in [1.82, 2.24) is 29.7 Å². The van der Waals surface area contributed by atoms with Gasteiger partial charge in [-0.05, 0) is 38.5 Å². The highest BCUT2D eigenvalue weighted by Crippen LogP contribution is 2.30. The van der Waals surface area contributed by atoms with Crippen LogP contribution in [0, 0.1) is 19.8 Å². The number of aromatic nitrogens is 6. The van der Waals surface area contributed by atoms with Gasteiger partial charge < -0.3 is 4.90 Å². The summed E-state index contributed by atoms with van der Waals surface area (Å²) in [6, 6.07) is 6.93. The number of halogens is 1. The molecule has 0 N–H and O–H groups in total. The first kappa shape index (κ1) is 20.6. The van der Waals surface area contributed by atoms with E-state index in [1.54, 1.807) is 23.6 Å². The standard InChI is InChI=1S/C22H22FN7OS/c1-13-20(32-14(2)27-13)18-5-6-19(31)30(28-18)10-15-7-9-29(11-17(15)23)22-16-4-3-8-24-21(16)25-12-26-22/h3-6,8,12,15,17H,7,9-11H2,1-2H3. The molecule has 8 nitrogen and oxygen atoms in total. The summed E-state index contributed by atoms with van der Waals surface area (Å²) in [5.74, 6) is 0.389. The molecule has 0 amide bonds. The van der Waals surface area contributed by atoms with Gasteiger partial charge in [-0.2, -0.15) is 5.10 Å². The van der Waals surface area contributed by atoms with Gasteiger partial charge in [0.2, 0.25) is 0 Å². The highest BCUT2D eigenvalue weighted by molar-refractivity contribution is 7.15. The van der Waals surface area contributed by atoms with E-state index in [4.69, 9.17) is 0 Å². The van der Waals surface area contributed by atoms with E-state index in [9.17, 15) is 4.79 Å². The summed E-state index contributed by atoms with van der Waals surface area (Å²) in [7, 11) is 0. The Morgan fingerprint density at radius 3 is 2.84 bits per heavy atom. The van der Waals surface area contributed by atoms with Gasteiger partial charge in [0.05, 0.1) is 34.1 Å². The molecule has 2 atom stereocenters. The Morgan fingerprint density at radius 1 is 1.19 bits per heavy atom. The third-order valence-electron chi connectivity index (χ3n) is 5.77. The van der Waals surface area contributed by atoms with Gasteiger partial charge in [-0.25, -0.2) is 29.0 Å². The molecule has 32 heavy (non-hydrogen) atoms. The third-order valence-corrected chi connectivity index (χ3v) is 6.87. The van der Waals surface area contributed by atoms with Gasteiger partial charge in [-0.15, -0.1) is 11.3 Å². The number of hydrogen-bond acceptors (Lipinski definition) is 8. The van der Waals surface area contributed by atoms with Crippen molar-refractivity contribution in [3.05, 3.63) is 57.8 Å². The lowest BCUT2D eigenvalue weighted by molar-refractivity contribution is 0.172. The van der Waals surface area contributed by atoms with E-state index >= 15 is 4.39 Å². The van der Waals surface area contributed by atoms with Crippen molar-refractivity contribution >= 4 is 28.2 Å². The molecule has 4 aromatic rings. The number of thiazole rings is 1. The third kappa shape index (κ3) is 3.86. The van der Waals surface area contributed by atoms with Crippen LogP contribution in [0.5, 0.6) is 0 Å². The maximum absolute atomic E-state index is 15.2. The first-order chi connectivity index (χ1) is 15.5. The fraction of sp³-hybridized carbons (Fsp3) is 0.364. The van der Waals surface area contributed by atoms with Crippen molar-refractivity contribution < 1.29 is 4.39 Å². The smallest absolute Gasteiger partial charge is 0.266 e. The van der Waals surface area contributed by atoms with E-state index in [1.165, 1.54) is 17.1 Å². The van der Waals surface area contributed by atoms with Crippen molar-refractivity contribution in [2.75, 3.05) is 18.0 Å². The highest BCUT2D eigenvalue weighted by Gasteiger charge is 2.31. The van der Waals surface area contributed by atoms with Gasteiger partial charge in [0.15, 0.2) is 5.65 Å². The summed E-state index contributed by atoms with van der Waals surface area (Å²) in [5, 5.41) is 6.28. The number of piperidine rings is 1. The number of rotatable bonds is 4. The van der Waals surface area contributed by atoms with Crippen LogP contribution >= 0.6 is 11.3 Å². The predicted octanol–water partition coefficient (Wildman–Crippen LogP) is 3.19. The molecule has 0 bridgehead atoms. The minimum atomic E-state index is -1.12. The molecular formula is C22H22FN7OS. The molecule has 0 spiro atoms. The molecule has 0 saturated carbocycles. The van der Waals surface area contributed by atoms with Crippen LogP contribution in [-0.2, 0) is 6.54 Å².